The molecule has 4 N–H and O–H groups in total. The van der Waals surface area contributed by atoms with Crippen LogP contribution in [0.15, 0.2) is 0 Å². The number of amides is 2. The summed E-state index contributed by atoms with van der Waals surface area (Å²) in [4.78, 5) is 12.1. The van der Waals surface area contributed by atoms with Crippen molar-refractivity contribution in [1.29, 1.82) is 0 Å². The first kappa shape index (κ1) is 12.7. The fraction of sp³-hybridized carbons (Fsp3) is 0.333. The van der Waals surface area contributed by atoms with Gasteiger partial charge in [0.1, 0.15) is 5.15 Å². The highest BCUT2D eigenvalue weighted by Gasteiger charge is 2.21. The third-order valence-electron chi connectivity index (χ3n) is 1.79. The second-order valence-electron chi connectivity index (χ2n) is 2.94. The van der Waals surface area contributed by atoms with Crippen molar-refractivity contribution in [2.45, 2.75) is 13.8 Å². The molecule has 0 unspecified atom stereocenters. The number of hydrazine groups is 1. The van der Waals surface area contributed by atoms with E-state index in [1.165, 1.54) is 0 Å². The molecule has 1 aromatic heterocycles. The molecular weight excluding hydrogens is 258 g/mol. The van der Waals surface area contributed by atoms with Crippen molar-refractivity contribution < 1.29 is 13.2 Å². The number of carbonyl (C=O) groups is 1. The van der Waals surface area contributed by atoms with Crippen LogP contribution < -0.4 is 16.0 Å². The fourth-order valence-electron chi connectivity index (χ4n) is 0.865. The van der Waals surface area contributed by atoms with Crippen molar-refractivity contribution in [1.82, 2.24) is 19.4 Å². The van der Waals surface area contributed by atoms with E-state index >= 15 is 0 Å². The lowest BCUT2D eigenvalue weighted by Gasteiger charge is -2.06. The van der Waals surface area contributed by atoms with E-state index in [-0.39, 0.29) is 5.15 Å². The maximum atomic E-state index is 11.6. The minimum Gasteiger partial charge on any atom is -0.351 e. The van der Waals surface area contributed by atoms with Crippen molar-refractivity contribution in [3.63, 3.8) is 0 Å². The Morgan fingerprint density at radius 1 is 1.50 bits per heavy atom. The summed E-state index contributed by atoms with van der Waals surface area (Å²) < 4.78 is 23.7. The van der Waals surface area contributed by atoms with Gasteiger partial charge < -0.3 is 5.73 Å². The van der Waals surface area contributed by atoms with Crippen LogP contribution in [0.5, 0.6) is 0 Å². The van der Waals surface area contributed by atoms with E-state index in [1.54, 1.807) is 24.1 Å². The molecule has 90 valence electrons. The van der Waals surface area contributed by atoms with Gasteiger partial charge in [-0.1, -0.05) is 11.6 Å². The molecule has 0 aliphatic rings. The Morgan fingerprint density at radius 3 is 2.44 bits per heavy atom. The van der Waals surface area contributed by atoms with Crippen LogP contribution in [0.4, 0.5) is 4.79 Å². The lowest BCUT2D eigenvalue weighted by atomic mass is 10.3. The number of hydrogen-bond donors (Lipinski definition) is 3. The number of halogens is 1. The monoisotopic (exact) mass is 267 g/mol. The summed E-state index contributed by atoms with van der Waals surface area (Å²) in [5.74, 6) is 0. The Bertz CT molecular complexity index is 523. The number of hydrogen-bond acceptors (Lipinski definition) is 4. The van der Waals surface area contributed by atoms with Gasteiger partial charge in [-0.15, -0.1) is 8.92 Å². The minimum atomic E-state index is -4.08. The number of nitrogens with zero attached hydrogens (tertiary/aromatic N) is 2. The van der Waals surface area contributed by atoms with Gasteiger partial charge >= 0.3 is 16.2 Å². The number of urea groups is 1. The SMILES string of the molecule is Cc1nn(S(=O)(=O)NNC(N)=O)c(Cl)c1C. The van der Waals surface area contributed by atoms with Gasteiger partial charge in [-0.25, -0.2) is 4.79 Å². The average Bonchev–Trinajstić information content (AvgIpc) is 2.44. The molecule has 0 atom stereocenters. The predicted octanol–water partition coefficient (Wildman–Crippen LogP) is -0.581. The quantitative estimate of drug-likeness (QED) is 0.635. The Morgan fingerprint density at radius 2 is 2.06 bits per heavy atom. The Hall–Kier alpha value is -1.32. The molecule has 0 aliphatic carbocycles. The van der Waals surface area contributed by atoms with E-state index in [9.17, 15) is 13.2 Å². The maximum absolute atomic E-state index is 11.6. The summed E-state index contributed by atoms with van der Waals surface area (Å²) in [6.07, 6.45) is 0. The average molecular weight is 268 g/mol. The third-order valence-corrected chi connectivity index (χ3v) is 3.42. The number of aryl methyl sites for hydroxylation is 1. The standard InChI is InChI=1S/C6H10ClN5O3S/c1-3-4(2)10-12(5(3)7)16(14,15)11-9-6(8)13/h11H,1-2H3,(H3,8,9,13). The Kier molecular flexibility index (Phi) is 3.41. The number of rotatable bonds is 3. The van der Waals surface area contributed by atoms with Gasteiger partial charge in [-0.2, -0.15) is 13.5 Å². The molecule has 1 aromatic rings. The van der Waals surface area contributed by atoms with Crippen LogP contribution in [0.25, 0.3) is 0 Å². The Labute approximate surface area is 96.9 Å². The van der Waals surface area contributed by atoms with Gasteiger partial charge in [0.2, 0.25) is 0 Å². The van der Waals surface area contributed by atoms with E-state index in [1.807, 2.05) is 0 Å². The van der Waals surface area contributed by atoms with Gasteiger partial charge in [0, 0.05) is 5.56 Å². The number of aromatic nitrogens is 2. The molecule has 0 aliphatic heterocycles. The molecule has 0 bridgehead atoms. The van der Waals surface area contributed by atoms with Crippen LogP contribution in [0.3, 0.4) is 0 Å². The van der Waals surface area contributed by atoms with E-state index in [2.05, 4.69) is 5.10 Å². The van der Waals surface area contributed by atoms with Gasteiger partial charge in [-0.05, 0) is 13.8 Å². The van der Waals surface area contributed by atoms with E-state index in [4.69, 9.17) is 17.3 Å². The predicted molar refractivity (Wildman–Crippen MR) is 56.9 cm³/mol. The normalized spacial score (nSPS) is 11.4. The highest BCUT2D eigenvalue weighted by molar-refractivity contribution is 7.87. The largest absolute Gasteiger partial charge is 0.351 e. The third kappa shape index (κ3) is 2.43. The number of primary amides is 1. The lowest BCUT2D eigenvalue weighted by molar-refractivity contribution is 0.247. The van der Waals surface area contributed by atoms with Crippen LogP contribution >= 0.6 is 11.6 Å². The maximum Gasteiger partial charge on any atom is 0.338 e. The highest BCUT2D eigenvalue weighted by atomic mass is 35.5. The fourth-order valence-corrected chi connectivity index (χ4v) is 2.21. The number of nitrogens with two attached hydrogens (primary N) is 1. The Balaban J connectivity index is 3.08. The molecule has 2 amide bonds. The van der Waals surface area contributed by atoms with Crippen molar-refractivity contribution in [2.75, 3.05) is 0 Å². The van der Waals surface area contributed by atoms with E-state index < -0.39 is 16.2 Å². The molecule has 10 heteroatoms. The van der Waals surface area contributed by atoms with Crippen molar-refractivity contribution in [2.24, 2.45) is 5.73 Å². The van der Waals surface area contributed by atoms with Crippen LogP contribution in [-0.2, 0) is 10.2 Å². The van der Waals surface area contributed by atoms with Crippen molar-refractivity contribution in [3.8, 4) is 0 Å². The van der Waals surface area contributed by atoms with Crippen LogP contribution in [0.1, 0.15) is 11.3 Å². The zero-order valence-corrected chi connectivity index (χ0v) is 10.1. The second-order valence-corrected chi connectivity index (χ2v) is 4.80. The molecule has 0 saturated carbocycles. The van der Waals surface area contributed by atoms with Crippen LogP contribution in [0, 0.1) is 13.8 Å². The van der Waals surface area contributed by atoms with Crippen molar-refractivity contribution in [3.05, 3.63) is 16.4 Å². The summed E-state index contributed by atoms with van der Waals surface area (Å²) in [5, 5.41) is 3.64. The van der Waals surface area contributed by atoms with Gasteiger partial charge in [0.25, 0.3) is 0 Å². The van der Waals surface area contributed by atoms with Gasteiger partial charge in [0.15, 0.2) is 0 Å². The summed E-state index contributed by atoms with van der Waals surface area (Å²) in [5.41, 5.74) is 7.43. The lowest BCUT2D eigenvalue weighted by Crippen LogP contribution is -2.46. The summed E-state index contributed by atoms with van der Waals surface area (Å²) >= 11 is 5.75. The summed E-state index contributed by atoms with van der Waals surface area (Å²) in [7, 11) is -4.08. The zero-order chi connectivity index (χ0) is 12.5. The summed E-state index contributed by atoms with van der Waals surface area (Å²) in [6, 6.07) is -1.04. The summed E-state index contributed by atoms with van der Waals surface area (Å²) in [6.45, 7) is 3.23. The molecule has 0 aromatic carbocycles. The molecule has 16 heavy (non-hydrogen) atoms. The molecule has 0 spiro atoms. The van der Waals surface area contributed by atoms with Gasteiger partial charge in [-0.3, -0.25) is 5.43 Å². The van der Waals surface area contributed by atoms with Crippen LogP contribution in [-0.4, -0.2) is 23.6 Å². The van der Waals surface area contributed by atoms with Crippen molar-refractivity contribution >= 4 is 27.8 Å². The first-order valence-electron chi connectivity index (χ1n) is 4.05. The smallest absolute Gasteiger partial charge is 0.338 e. The minimum absolute atomic E-state index is 0.0590. The molecular formula is C6H10ClN5O3S. The van der Waals surface area contributed by atoms with Gasteiger partial charge in [0.05, 0.1) is 5.69 Å². The number of carbonyl (C=O) groups excluding carboxylic acids is 1. The molecule has 0 radical (unpaired) electrons. The molecule has 0 saturated heterocycles. The molecule has 8 nitrogen and oxygen atoms in total. The molecule has 0 fully saturated rings. The zero-order valence-electron chi connectivity index (χ0n) is 8.48. The van der Waals surface area contributed by atoms with E-state index in [0.29, 0.717) is 15.3 Å². The first-order chi connectivity index (χ1) is 7.25. The highest BCUT2D eigenvalue weighted by Crippen LogP contribution is 2.18. The first-order valence-corrected chi connectivity index (χ1v) is 5.87. The molecule has 1 heterocycles. The van der Waals surface area contributed by atoms with E-state index in [0.717, 1.165) is 0 Å². The topological polar surface area (TPSA) is 119 Å². The van der Waals surface area contributed by atoms with Crippen LogP contribution in [0.2, 0.25) is 5.15 Å². The number of nitrogens with one attached hydrogen (secondary N) is 2. The second kappa shape index (κ2) is 4.28. The molecule has 1 rings (SSSR count).